The highest BCUT2D eigenvalue weighted by Crippen LogP contribution is 2.58. The van der Waals surface area contributed by atoms with Crippen molar-refractivity contribution in [3.8, 4) is 17.0 Å². The molecule has 1 aliphatic heterocycles. The van der Waals surface area contributed by atoms with Crippen LogP contribution in [0.4, 0.5) is 14.6 Å². The first kappa shape index (κ1) is 19.1. The Morgan fingerprint density at radius 1 is 1.27 bits per heavy atom. The summed E-state index contributed by atoms with van der Waals surface area (Å²) in [5, 5.41) is 0. The molecule has 5 rings (SSSR count). The molecule has 2 aromatic heterocycles. The van der Waals surface area contributed by atoms with Crippen LogP contribution in [-0.2, 0) is 4.79 Å². The molecule has 1 saturated heterocycles. The Bertz CT molecular complexity index is 985. The van der Waals surface area contributed by atoms with Gasteiger partial charge in [0.2, 0.25) is 5.91 Å². The summed E-state index contributed by atoms with van der Waals surface area (Å²) >= 11 is 0. The minimum Gasteiger partial charge on any atom is -0.431 e. The van der Waals surface area contributed by atoms with Crippen molar-refractivity contribution in [2.45, 2.75) is 44.6 Å². The van der Waals surface area contributed by atoms with Gasteiger partial charge in [-0.3, -0.25) is 4.79 Å². The molecule has 3 atom stereocenters. The topological polar surface area (TPSA) is 94.2 Å². The fraction of sp³-hybridized carbons (Fsp3) is 0.524. The van der Waals surface area contributed by atoms with Gasteiger partial charge < -0.3 is 15.4 Å². The van der Waals surface area contributed by atoms with Gasteiger partial charge in [-0.1, -0.05) is 6.92 Å². The van der Waals surface area contributed by atoms with E-state index >= 15 is 0 Å². The first-order valence-corrected chi connectivity index (χ1v) is 10.3. The molecular formula is C21H23F2N5O2. The normalized spacial score (nSPS) is 24.8. The molecule has 7 nitrogen and oxygen atoms in total. The molecule has 2 N–H and O–H groups in total. The van der Waals surface area contributed by atoms with Crippen molar-refractivity contribution in [1.82, 2.24) is 19.9 Å². The molecule has 1 unspecified atom stereocenters. The number of alkyl halides is 2. The fourth-order valence-corrected chi connectivity index (χ4v) is 4.51. The second-order valence-corrected chi connectivity index (χ2v) is 8.30. The minimum atomic E-state index is -2.98. The van der Waals surface area contributed by atoms with Crippen LogP contribution in [-0.4, -0.2) is 45.5 Å². The molecule has 0 radical (unpaired) electrons. The summed E-state index contributed by atoms with van der Waals surface area (Å²) in [4.78, 5) is 27.4. The molecule has 2 aliphatic carbocycles. The highest BCUT2D eigenvalue weighted by atomic mass is 19.3. The third kappa shape index (κ3) is 3.46. The van der Waals surface area contributed by atoms with Gasteiger partial charge in [0.25, 0.3) is 0 Å². The first-order valence-electron chi connectivity index (χ1n) is 10.3. The summed E-state index contributed by atoms with van der Waals surface area (Å²) in [7, 11) is 0. The highest BCUT2D eigenvalue weighted by Gasteiger charge is 2.58. The number of hydrogen-bond acceptors (Lipinski definition) is 6. The second kappa shape index (κ2) is 7.14. The number of carbonyl (C=O) groups is 1. The van der Waals surface area contributed by atoms with E-state index in [1.807, 2.05) is 17.9 Å². The average molecular weight is 415 g/mol. The predicted octanol–water partition coefficient (Wildman–Crippen LogP) is 3.18. The van der Waals surface area contributed by atoms with Crippen LogP contribution in [0.1, 0.15) is 49.5 Å². The number of likely N-dealkylation sites (tertiary alicyclic amines) is 1. The van der Waals surface area contributed by atoms with E-state index in [0.29, 0.717) is 41.3 Å². The van der Waals surface area contributed by atoms with E-state index in [2.05, 4.69) is 14.7 Å². The molecule has 0 spiro atoms. The maximum atomic E-state index is 12.7. The van der Waals surface area contributed by atoms with Crippen LogP contribution in [0.15, 0.2) is 18.3 Å². The summed E-state index contributed by atoms with van der Waals surface area (Å²) in [6.45, 7) is 0.452. The molecule has 2 saturated carbocycles. The van der Waals surface area contributed by atoms with E-state index in [-0.39, 0.29) is 17.5 Å². The lowest BCUT2D eigenvalue weighted by Gasteiger charge is -2.19. The maximum absolute atomic E-state index is 12.7. The lowest BCUT2D eigenvalue weighted by molar-refractivity contribution is -0.130. The SMILES string of the molecule is CCC(=O)N1C[C@@H]2C(c3cc(-c4cnc(N)c(OC(F)F)c4)nc(C4CC4)n3)[C@@H]2C1. The number of ether oxygens (including phenoxy) is 1. The number of halogens is 2. The summed E-state index contributed by atoms with van der Waals surface area (Å²) in [6.07, 6.45) is 4.16. The van der Waals surface area contributed by atoms with Crippen LogP contribution < -0.4 is 10.5 Å². The van der Waals surface area contributed by atoms with Crippen molar-refractivity contribution in [2.75, 3.05) is 18.8 Å². The fourth-order valence-electron chi connectivity index (χ4n) is 4.51. The van der Waals surface area contributed by atoms with E-state index in [1.54, 1.807) is 0 Å². The molecule has 158 valence electrons. The Hall–Kier alpha value is -2.84. The van der Waals surface area contributed by atoms with Crippen LogP contribution in [0, 0.1) is 11.8 Å². The molecule has 0 aromatic carbocycles. The number of amides is 1. The van der Waals surface area contributed by atoms with E-state index in [0.717, 1.165) is 37.4 Å². The van der Waals surface area contributed by atoms with Crippen LogP contribution in [0.25, 0.3) is 11.3 Å². The van der Waals surface area contributed by atoms with E-state index in [9.17, 15) is 13.6 Å². The number of rotatable bonds is 6. The van der Waals surface area contributed by atoms with Gasteiger partial charge in [0.1, 0.15) is 5.82 Å². The summed E-state index contributed by atoms with van der Waals surface area (Å²) < 4.78 is 29.8. The summed E-state index contributed by atoms with van der Waals surface area (Å²) in [5.41, 5.74) is 7.84. The highest BCUT2D eigenvalue weighted by molar-refractivity contribution is 5.76. The van der Waals surface area contributed by atoms with Gasteiger partial charge in [-0.05, 0) is 36.8 Å². The van der Waals surface area contributed by atoms with Gasteiger partial charge in [-0.15, -0.1) is 0 Å². The van der Waals surface area contributed by atoms with Gasteiger partial charge in [0.15, 0.2) is 11.6 Å². The van der Waals surface area contributed by atoms with Crippen LogP contribution in [0.2, 0.25) is 0 Å². The van der Waals surface area contributed by atoms with E-state index in [4.69, 9.17) is 10.7 Å². The molecule has 30 heavy (non-hydrogen) atoms. The van der Waals surface area contributed by atoms with Gasteiger partial charge in [-0.2, -0.15) is 8.78 Å². The Labute approximate surface area is 172 Å². The lowest BCUT2D eigenvalue weighted by atomic mass is 10.1. The molecule has 1 amide bonds. The Morgan fingerprint density at radius 2 is 2.00 bits per heavy atom. The lowest BCUT2D eigenvalue weighted by Crippen LogP contribution is -2.30. The van der Waals surface area contributed by atoms with Gasteiger partial charge in [0, 0.05) is 48.8 Å². The minimum absolute atomic E-state index is 0.0897. The summed E-state index contributed by atoms with van der Waals surface area (Å²) in [5.74, 6) is 2.25. The third-order valence-corrected chi connectivity index (χ3v) is 6.29. The van der Waals surface area contributed by atoms with Crippen molar-refractivity contribution in [3.05, 3.63) is 29.8 Å². The zero-order chi connectivity index (χ0) is 21.0. The van der Waals surface area contributed by atoms with Crippen molar-refractivity contribution in [1.29, 1.82) is 0 Å². The standard InChI is InChI=1S/C21H23F2N5O2/c1-2-17(29)28-8-12-13(9-28)18(12)15-6-14(26-20(27-15)10-3-4-10)11-5-16(30-21(22)23)19(24)25-7-11/h5-7,10,12-13,18,21H,2-4,8-9H2,1H3,(H2,24,25)/t12-,13+,18?. The van der Waals surface area contributed by atoms with Crippen LogP contribution in [0.3, 0.4) is 0 Å². The number of fused-ring (bicyclic) bond motifs is 1. The number of pyridine rings is 1. The number of nitrogens with two attached hydrogens (primary N) is 1. The van der Waals surface area contributed by atoms with Crippen molar-refractivity contribution in [2.24, 2.45) is 11.8 Å². The van der Waals surface area contributed by atoms with Crippen molar-refractivity contribution in [3.63, 3.8) is 0 Å². The summed E-state index contributed by atoms with van der Waals surface area (Å²) in [6, 6.07) is 3.37. The molecule has 0 bridgehead atoms. The van der Waals surface area contributed by atoms with Gasteiger partial charge >= 0.3 is 6.61 Å². The van der Waals surface area contributed by atoms with E-state index < -0.39 is 6.61 Å². The molecule has 3 fully saturated rings. The van der Waals surface area contributed by atoms with Crippen LogP contribution in [0.5, 0.6) is 5.75 Å². The Morgan fingerprint density at radius 3 is 2.63 bits per heavy atom. The molecule has 3 aliphatic rings. The van der Waals surface area contributed by atoms with Gasteiger partial charge in [-0.25, -0.2) is 15.0 Å². The van der Waals surface area contributed by atoms with E-state index in [1.165, 1.54) is 12.3 Å². The number of carbonyl (C=O) groups excluding carboxylic acids is 1. The van der Waals surface area contributed by atoms with Gasteiger partial charge in [0.05, 0.1) is 5.69 Å². The Kier molecular flexibility index (Phi) is 4.56. The second-order valence-electron chi connectivity index (χ2n) is 8.30. The number of anilines is 1. The zero-order valence-electron chi connectivity index (χ0n) is 16.6. The number of hydrogen-bond donors (Lipinski definition) is 1. The number of nitrogen functional groups attached to an aromatic ring is 1. The van der Waals surface area contributed by atoms with Crippen molar-refractivity contribution < 1.29 is 18.3 Å². The molecule has 9 heteroatoms. The predicted molar refractivity (Wildman–Crippen MR) is 105 cm³/mol. The number of piperidine rings is 1. The quantitative estimate of drug-likeness (QED) is 0.779. The largest absolute Gasteiger partial charge is 0.431 e. The maximum Gasteiger partial charge on any atom is 0.387 e. The first-order chi connectivity index (χ1) is 14.4. The zero-order valence-corrected chi connectivity index (χ0v) is 16.6. The Balaban J connectivity index is 1.44. The number of aromatic nitrogens is 3. The molecule has 2 aromatic rings. The average Bonchev–Trinajstić information content (AvgIpc) is 3.65. The third-order valence-electron chi connectivity index (χ3n) is 6.29. The molecular weight excluding hydrogens is 392 g/mol. The smallest absolute Gasteiger partial charge is 0.387 e. The monoisotopic (exact) mass is 415 g/mol. The molecule has 3 heterocycles. The van der Waals surface area contributed by atoms with Crippen molar-refractivity contribution >= 4 is 11.7 Å². The number of nitrogens with zero attached hydrogens (tertiary/aromatic N) is 4. The van der Waals surface area contributed by atoms with Crippen LogP contribution >= 0.6 is 0 Å².